The Hall–Kier alpha value is -2.62. The number of nitrogens with zero attached hydrogens (tertiary/aromatic N) is 2. The van der Waals surface area contributed by atoms with E-state index in [4.69, 9.17) is 16.3 Å². The van der Waals surface area contributed by atoms with E-state index in [1.54, 1.807) is 38.3 Å². The van der Waals surface area contributed by atoms with Gasteiger partial charge in [-0.3, -0.25) is 9.59 Å². The number of likely N-dealkylation sites (N-methyl/N-ethyl adjacent to an activating group) is 2. The van der Waals surface area contributed by atoms with Gasteiger partial charge in [0.15, 0.2) is 0 Å². The molecular weight excluding hydrogens is 430 g/mol. The predicted octanol–water partition coefficient (Wildman–Crippen LogP) is 2.46. The Bertz CT molecular complexity index is 979. The van der Waals surface area contributed by atoms with Gasteiger partial charge in [0, 0.05) is 24.3 Å². The fraction of sp³-hybridized carbons (Fsp3) is 0.300. The van der Waals surface area contributed by atoms with E-state index in [0.29, 0.717) is 16.5 Å². The van der Waals surface area contributed by atoms with Gasteiger partial charge in [0.25, 0.3) is 0 Å². The van der Waals surface area contributed by atoms with Crippen LogP contribution in [0.1, 0.15) is 6.92 Å². The summed E-state index contributed by atoms with van der Waals surface area (Å²) < 4.78 is 31.3. The fourth-order valence-electron chi connectivity index (χ4n) is 2.59. The van der Waals surface area contributed by atoms with E-state index in [-0.39, 0.29) is 18.0 Å². The van der Waals surface area contributed by atoms with Crippen molar-refractivity contribution in [2.45, 2.75) is 11.8 Å². The molecule has 0 spiro atoms. The number of benzene rings is 2. The summed E-state index contributed by atoms with van der Waals surface area (Å²) in [5.74, 6) is -0.218. The Morgan fingerprint density at radius 3 is 2.17 bits per heavy atom. The van der Waals surface area contributed by atoms with Gasteiger partial charge in [-0.15, -0.1) is 0 Å². The first-order valence-electron chi connectivity index (χ1n) is 9.11. The summed E-state index contributed by atoms with van der Waals surface area (Å²) in [6.45, 7) is 1.38. The molecule has 10 heteroatoms. The molecule has 0 radical (unpaired) electrons. The van der Waals surface area contributed by atoms with Gasteiger partial charge in [-0.05, 0) is 55.5 Å². The average molecular weight is 454 g/mol. The Labute approximate surface area is 181 Å². The quantitative estimate of drug-likeness (QED) is 0.629. The van der Waals surface area contributed by atoms with Crippen molar-refractivity contribution in [2.24, 2.45) is 0 Å². The van der Waals surface area contributed by atoms with E-state index >= 15 is 0 Å². The first-order chi connectivity index (χ1) is 14.2. The van der Waals surface area contributed by atoms with Gasteiger partial charge in [0.2, 0.25) is 21.8 Å². The number of carbonyl (C=O) groups excluding carboxylic acids is 2. The number of halogens is 1. The molecule has 0 heterocycles. The lowest BCUT2D eigenvalue weighted by Crippen LogP contribution is -2.44. The minimum Gasteiger partial charge on any atom is -0.497 e. The number of hydrogen-bond acceptors (Lipinski definition) is 5. The van der Waals surface area contributed by atoms with Crippen LogP contribution >= 0.6 is 11.6 Å². The number of methoxy groups -OCH3 is 1. The molecule has 2 amide bonds. The van der Waals surface area contributed by atoms with E-state index in [1.165, 1.54) is 36.2 Å². The van der Waals surface area contributed by atoms with Crippen LogP contribution in [0.4, 0.5) is 5.69 Å². The lowest BCUT2D eigenvalue weighted by atomic mass is 10.3. The molecule has 162 valence electrons. The second-order valence-electron chi connectivity index (χ2n) is 6.40. The van der Waals surface area contributed by atoms with Crippen molar-refractivity contribution < 1.29 is 22.7 Å². The molecule has 0 unspecified atom stereocenters. The number of carbonyl (C=O) groups is 2. The Morgan fingerprint density at radius 1 is 1.03 bits per heavy atom. The SMILES string of the molecule is CCN(CC(=O)Nc1ccc(OC)cc1)C(=O)CN(C)S(=O)(=O)c1ccc(Cl)cc1. The van der Waals surface area contributed by atoms with Crippen molar-refractivity contribution in [3.05, 3.63) is 53.6 Å². The van der Waals surface area contributed by atoms with Gasteiger partial charge in [-0.1, -0.05) is 11.6 Å². The monoisotopic (exact) mass is 453 g/mol. The molecule has 2 rings (SSSR count). The second-order valence-corrected chi connectivity index (χ2v) is 8.88. The summed E-state index contributed by atoms with van der Waals surface area (Å²) in [6, 6.07) is 12.4. The fourth-order valence-corrected chi connectivity index (χ4v) is 3.83. The molecule has 0 fully saturated rings. The lowest BCUT2D eigenvalue weighted by molar-refractivity contribution is -0.134. The summed E-state index contributed by atoms with van der Waals surface area (Å²) in [7, 11) is -1.00. The van der Waals surface area contributed by atoms with Gasteiger partial charge >= 0.3 is 0 Å². The van der Waals surface area contributed by atoms with E-state index < -0.39 is 28.4 Å². The van der Waals surface area contributed by atoms with Crippen LogP contribution in [0.5, 0.6) is 5.75 Å². The molecule has 0 aromatic heterocycles. The van der Waals surface area contributed by atoms with Crippen LogP contribution in [0.3, 0.4) is 0 Å². The molecule has 30 heavy (non-hydrogen) atoms. The molecule has 0 bridgehead atoms. The van der Waals surface area contributed by atoms with Gasteiger partial charge in [-0.2, -0.15) is 4.31 Å². The summed E-state index contributed by atoms with van der Waals surface area (Å²) in [4.78, 5) is 26.2. The first-order valence-corrected chi connectivity index (χ1v) is 10.9. The predicted molar refractivity (Wildman–Crippen MR) is 115 cm³/mol. The molecule has 8 nitrogen and oxygen atoms in total. The Kier molecular flexibility index (Phi) is 8.22. The normalized spacial score (nSPS) is 11.2. The molecular formula is C20H24ClN3O5S. The van der Waals surface area contributed by atoms with Crippen LogP contribution in [0, 0.1) is 0 Å². The number of sulfonamides is 1. The van der Waals surface area contributed by atoms with Gasteiger partial charge in [0.1, 0.15) is 5.75 Å². The van der Waals surface area contributed by atoms with Crippen LogP contribution in [-0.4, -0.2) is 63.2 Å². The molecule has 0 saturated heterocycles. The van der Waals surface area contributed by atoms with Gasteiger partial charge in [0.05, 0.1) is 25.1 Å². The third-order valence-corrected chi connectivity index (χ3v) is 6.39. The Morgan fingerprint density at radius 2 is 1.63 bits per heavy atom. The first kappa shape index (κ1) is 23.7. The number of hydrogen-bond donors (Lipinski definition) is 1. The Balaban J connectivity index is 1.99. The van der Waals surface area contributed by atoms with E-state index in [0.717, 1.165) is 4.31 Å². The van der Waals surface area contributed by atoms with Crippen LogP contribution < -0.4 is 10.1 Å². The molecule has 0 aliphatic carbocycles. The maximum atomic E-state index is 12.6. The molecule has 2 aromatic rings. The minimum absolute atomic E-state index is 0.0301. The highest BCUT2D eigenvalue weighted by molar-refractivity contribution is 7.89. The maximum absolute atomic E-state index is 12.6. The van der Waals surface area contributed by atoms with Crippen LogP contribution in [0.25, 0.3) is 0 Å². The van der Waals surface area contributed by atoms with Crippen LogP contribution in [-0.2, 0) is 19.6 Å². The van der Waals surface area contributed by atoms with E-state index in [9.17, 15) is 18.0 Å². The third-order valence-electron chi connectivity index (χ3n) is 4.32. The number of amides is 2. The molecule has 0 aliphatic heterocycles. The second kappa shape index (κ2) is 10.4. The van der Waals surface area contributed by atoms with E-state index in [1.807, 2.05) is 0 Å². The smallest absolute Gasteiger partial charge is 0.243 e. The molecule has 0 atom stereocenters. The summed E-state index contributed by atoms with van der Waals surface area (Å²) in [5.41, 5.74) is 0.562. The van der Waals surface area contributed by atoms with Crippen molar-refractivity contribution in [3.8, 4) is 5.75 Å². The van der Waals surface area contributed by atoms with Gasteiger partial charge in [-0.25, -0.2) is 8.42 Å². The number of rotatable bonds is 9. The topological polar surface area (TPSA) is 96.0 Å². The molecule has 0 saturated carbocycles. The van der Waals surface area contributed by atoms with Crippen LogP contribution in [0.2, 0.25) is 5.02 Å². The molecule has 0 aliphatic rings. The number of ether oxygens (including phenoxy) is 1. The van der Waals surface area contributed by atoms with Crippen molar-refractivity contribution >= 4 is 39.1 Å². The largest absolute Gasteiger partial charge is 0.497 e. The van der Waals surface area contributed by atoms with Crippen molar-refractivity contribution in [1.29, 1.82) is 0 Å². The zero-order chi connectivity index (χ0) is 22.3. The van der Waals surface area contributed by atoms with Gasteiger partial charge < -0.3 is 15.0 Å². The standard InChI is InChI=1S/C20H24ClN3O5S/c1-4-24(13-19(25)22-16-7-9-17(29-3)10-8-16)20(26)14-23(2)30(27,28)18-11-5-15(21)6-12-18/h5-12H,4,13-14H2,1-3H3,(H,22,25). The zero-order valence-electron chi connectivity index (χ0n) is 17.0. The summed E-state index contributed by atoms with van der Waals surface area (Å²) in [5, 5.41) is 3.10. The highest BCUT2D eigenvalue weighted by Crippen LogP contribution is 2.18. The van der Waals surface area contributed by atoms with Crippen molar-refractivity contribution in [2.75, 3.05) is 39.1 Å². The highest BCUT2D eigenvalue weighted by atomic mass is 35.5. The third kappa shape index (κ3) is 6.19. The van der Waals surface area contributed by atoms with Crippen molar-refractivity contribution in [1.82, 2.24) is 9.21 Å². The van der Waals surface area contributed by atoms with Crippen LogP contribution in [0.15, 0.2) is 53.4 Å². The van der Waals surface area contributed by atoms with Crippen molar-refractivity contribution in [3.63, 3.8) is 0 Å². The molecule has 1 N–H and O–H groups in total. The number of anilines is 1. The van der Waals surface area contributed by atoms with E-state index in [2.05, 4.69) is 5.32 Å². The maximum Gasteiger partial charge on any atom is 0.243 e. The lowest BCUT2D eigenvalue weighted by Gasteiger charge is -2.24. The average Bonchev–Trinajstić information content (AvgIpc) is 2.72. The zero-order valence-corrected chi connectivity index (χ0v) is 18.5. The number of nitrogens with one attached hydrogen (secondary N) is 1. The minimum atomic E-state index is -3.86. The summed E-state index contributed by atoms with van der Waals surface area (Å²) >= 11 is 5.79. The summed E-state index contributed by atoms with van der Waals surface area (Å²) in [6.07, 6.45) is 0. The molecule has 2 aromatic carbocycles. The highest BCUT2D eigenvalue weighted by Gasteiger charge is 2.25.